The van der Waals surface area contributed by atoms with Crippen molar-refractivity contribution in [1.29, 1.82) is 0 Å². The maximum absolute atomic E-state index is 12.9. The predicted molar refractivity (Wildman–Crippen MR) is 325 cm³/mol. The number of ether oxygens (including phenoxy) is 3. The van der Waals surface area contributed by atoms with Gasteiger partial charge in [0.25, 0.3) is 0 Å². The Labute approximate surface area is 464 Å². The molecule has 6 nitrogen and oxygen atoms in total. The molecule has 0 aromatic rings. The summed E-state index contributed by atoms with van der Waals surface area (Å²) < 4.78 is 16.9. The van der Waals surface area contributed by atoms with E-state index in [4.69, 9.17) is 14.2 Å². The molecule has 0 aliphatic carbocycles. The maximum Gasteiger partial charge on any atom is 0.306 e. The van der Waals surface area contributed by atoms with Gasteiger partial charge in [0, 0.05) is 19.3 Å². The monoisotopic (exact) mass is 1040 g/mol. The molecule has 430 valence electrons. The van der Waals surface area contributed by atoms with Crippen molar-refractivity contribution in [3.63, 3.8) is 0 Å². The van der Waals surface area contributed by atoms with Gasteiger partial charge < -0.3 is 14.2 Å². The first-order valence-electron chi connectivity index (χ1n) is 31.7. The van der Waals surface area contributed by atoms with Gasteiger partial charge in [0.1, 0.15) is 13.2 Å². The molecule has 0 aliphatic heterocycles. The Balaban J connectivity index is 4.33. The fourth-order valence-corrected chi connectivity index (χ4v) is 8.83. The highest BCUT2D eigenvalue weighted by molar-refractivity contribution is 5.71. The van der Waals surface area contributed by atoms with Gasteiger partial charge in [0.05, 0.1) is 0 Å². The smallest absolute Gasteiger partial charge is 0.306 e. The lowest BCUT2D eigenvalue weighted by Crippen LogP contribution is -2.30. The Kier molecular flexibility index (Phi) is 59.8. The van der Waals surface area contributed by atoms with Crippen LogP contribution in [0.3, 0.4) is 0 Å². The van der Waals surface area contributed by atoms with Gasteiger partial charge >= 0.3 is 17.9 Å². The average molecular weight is 1040 g/mol. The van der Waals surface area contributed by atoms with Crippen molar-refractivity contribution >= 4 is 17.9 Å². The molecule has 0 heterocycles. The van der Waals surface area contributed by atoms with Gasteiger partial charge in [-0.1, -0.05) is 279 Å². The highest BCUT2D eigenvalue weighted by atomic mass is 16.6. The second-order valence-electron chi connectivity index (χ2n) is 20.9. The summed E-state index contributed by atoms with van der Waals surface area (Å²) in [4.78, 5) is 38.3. The zero-order chi connectivity index (χ0) is 54.3. The van der Waals surface area contributed by atoms with E-state index in [0.717, 1.165) is 122 Å². The minimum atomic E-state index is -0.787. The predicted octanol–water partition coefficient (Wildman–Crippen LogP) is 21.7. The first-order valence-corrected chi connectivity index (χ1v) is 31.7. The van der Waals surface area contributed by atoms with Gasteiger partial charge in [-0.25, -0.2) is 0 Å². The van der Waals surface area contributed by atoms with Crippen LogP contribution < -0.4 is 0 Å². The molecule has 0 saturated carbocycles. The molecule has 0 radical (unpaired) electrons. The van der Waals surface area contributed by atoms with E-state index in [2.05, 4.69) is 118 Å². The molecule has 1 unspecified atom stereocenters. The highest BCUT2D eigenvalue weighted by Gasteiger charge is 2.19. The molecule has 0 aromatic heterocycles. The van der Waals surface area contributed by atoms with Crippen LogP contribution >= 0.6 is 0 Å². The highest BCUT2D eigenvalue weighted by Crippen LogP contribution is 2.16. The van der Waals surface area contributed by atoms with Crippen molar-refractivity contribution in [3.8, 4) is 0 Å². The summed E-state index contributed by atoms with van der Waals surface area (Å²) in [5.41, 5.74) is 0. The zero-order valence-corrected chi connectivity index (χ0v) is 49.3. The van der Waals surface area contributed by atoms with Gasteiger partial charge in [-0.3, -0.25) is 14.4 Å². The van der Waals surface area contributed by atoms with Crippen LogP contribution in [0.1, 0.15) is 303 Å². The number of rotatable bonds is 57. The quantitative estimate of drug-likeness (QED) is 0.0261. The fourth-order valence-electron chi connectivity index (χ4n) is 8.83. The van der Waals surface area contributed by atoms with Gasteiger partial charge in [0.15, 0.2) is 6.10 Å². The van der Waals surface area contributed by atoms with Gasteiger partial charge in [0.2, 0.25) is 0 Å². The van der Waals surface area contributed by atoms with E-state index in [1.54, 1.807) is 0 Å². The Morgan fingerprint density at radius 1 is 0.280 bits per heavy atom. The summed E-state index contributed by atoms with van der Waals surface area (Å²) in [6.45, 7) is 6.51. The third-order valence-electron chi connectivity index (χ3n) is 13.6. The Bertz CT molecular complexity index is 1480. The van der Waals surface area contributed by atoms with Crippen LogP contribution in [0.15, 0.2) is 97.2 Å². The lowest BCUT2D eigenvalue weighted by molar-refractivity contribution is -0.167. The summed E-state index contributed by atoms with van der Waals surface area (Å²) in [5.74, 6) is -0.894. The first-order chi connectivity index (χ1) is 37.0. The van der Waals surface area contributed by atoms with E-state index in [0.29, 0.717) is 19.3 Å². The molecule has 0 N–H and O–H groups in total. The van der Waals surface area contributed by atoms with Crippen LogP contribution in [0.25, 0.3) is 0 Å². The topological polar surface area (TPSA) is 78.9 Å². The minimum absolute atomic E-state index is 0.0827. The third-order valence-corrected chi connectivity index (χ3v) is 13.6. The van der Waals surface area contributed by atoms with Crippen molar-refractivity contribution in [3.05, 3.63) is 97.2 Å². The molecule has 1 atom stereocenters. The molecule has 0 rings (SSSR count). The fraction of sp³-hybridized carbons (Fsp3) is 0.725. The first kappa shape index (κ1) is 71.3. The van der Waals surface area contributed by atoms with Gasteiger partial charge in [-0.05, 0) is 103 Å². The standard InChI is InChI=1S/C69H118O6/c1-4-7-10-13-16-19-22-24-26-28-30-32-33-34-35-37-38-40-42-44-47-50-53-56-59-62-68(71)74-65-66(64-73-67(70)61-58-55-52-49-46-21-18-15-12-9-6-3)75-69(72)63-60-57-54-51-48-45-43-41-39-36-31-29-27-25-23-20-17-14-11-8-5-2/h7,10,16,19,23-26,29-32,34-35,39,41,66H,4-6,8-9,11-15,17-18,20-22,27-28,33,36-38,40,42-65H2,1-3H3/b10-7-,19-16-,25-23-,26-24-,31-29-,32-30-,35-34-,41-39-. The van der Waals surface area contributed by atoms with E-state index < -0.39 is 6.10 Å². The van der Waals surface area contributed by atoms with Gasteiger partial charge in [-0.15, -0.1) is 0 Å². The van der Waals surface area contributed by atoms with Crippen molar-refractivity contribution in [2.24, 2.45) is 0 Å². The number of hydrogen-bond acceptors (Lipinski definition) is 6. The van der Waals surface area contributed by atoms with E-state index in [1.807, 2.05) is 0 Å². The van der Waals surface area contributed by atoms with E-state index in [-0.39, 0.29) is 31.1 Å². The van der Waals surface area contributed by atoms with Crippen molar-refractivity contribution < 1.29 is 28.6 Å². The largest absolute Gasteiger partial charge is 0.462 e. The minimum Gasteiger partial charge on any atom is -0.462 e. The second kappa shape index (κ2) is 62.9. The average Bonchev–Trinajstić information content (AvgIpc) is 3.41. The number of carbonyl (C=O) groups is 3. The summed E-state index contributed by atoms with van der Waals surface area (Å²) in [7, 11) is 0. The lowest BCUT2D eigenvalue weighted by Gasteiger charge is -2.18. The molecule has 6 heteroatoms. The number of carbonyl (C=O) groups excluding carboxylic acids is 3. The van der Waals surface area contributed by atoms with E-state index in [1.165, 1.54) is 141 Å². The van der Waals surface area contributed by atoms with Crippen LogP contribution in [0, 0.1) is 0 Å². The number of unbranched alkanes of at least 4 members (excludes halogenated alkanes) is 30. The Morgan fingerprint density at radius 3 is 0.813 bits per heavy atom. The summed E-state index contributed by atoms with van der Waals surface area (Å²) in [6.07, 6.45) is 84.1. The second-order valence-corrected chi connectivity index (χ2v) is 20.9. The molecule has 0 aliphatic rings. The Hall–Kier alpha value is -3.67. The van der Waals surface area contributed by atoms with Crippen LogP contribution in [0.4, 0.5) is 0 Å². The molecular formula is C69H118O6. The maximum atomic E-state index is 12.9. The molecule has 0 spiro atoms. The van der Waals surface area contributed by atoms with Crippen molar-refractivity contribution in [1.82, 2.24) is 0 Å². The molecule has 0 aromatic carbocycles. The molecule has 0 amide bonds. The van der Waals surface area contributed by atoms with Crippen molar-refractivity contribution in [2.45, 2.75) is 309 Å². The molecular weight excluding hydrogens is 925 g/mol. The molecule has 0 fully saturated rings. The van der Waals surface area contributed by atoms with Crippen molar-refractivity contribution in [2.75, 3.05) is 13.2 Å². The van der Waals surface area contributed by atoms with E-state index in [9.17, 15) is 14.4 Å². The Morgan fingerprint density at radius 2 is 0.520 bits per heavy atom. The summed E-state index contributed by atoms with van der Waals surface area (Å²) in [6, 6.07) is 0. The SMILES string of the molecule is CC/C=C\C/C=C\C/C=C\C/C=C\C/C=C\CCCCCCCCCCCC(=O)OCC(COC(=O)CCCCCCCCCCCCC)OC(=O)CCCCCCCC/C=C\C/C=C\C/C=C\CCCCCCC. The molecule has 0 saturated heterocycles. The number of allylic oxidation sites excluding steroid dienone is 16. The number of esters is 3. The third kappa shape index (κ3) is 61.1. The summed E-state index contributed by atoms with van der Waals surface area (Å²) in [5, 5.41) is 0. The van der Waals surface area contributed by atoms with Crippen LogP contribution in [-0.2, 0) is 28.6 Å². The zero-order valence-electron chi connectivity index (χ0n) is 49.3. The van der Waals surface area contributed by atoms with E-state index >= 15 is 0 Å². The molecule has 75 heavy (non-hydrogen) atoms. The summed E-state index contributed by atoms with van der Waals surface area (Å²) >= 11 is 0. The van der Waals surface area contributed by atoms with Crippen LogP contribution in [0.2, 0.25) is 0 Å². The lowest BCUT2D eigenvalue weighted by atomic mass is 10.1. The van der Waals surface area contributed by atoms with Gasteiger partial charge in [-0.2, -0.15) is 0 Å². The normalized spacial score (nSPS) is 12.7. The van der Waals surface area contributed by atoms with Crippen LogP contribution in [0.5, 0.6) is 0 Å². The number of hydrogen-bond donors (Lipinski definition) is 0. The van der Waals surface area contributed by atoms with Crippen LogP contribution in [-0.4, -0.2) is 37.2 Å². The molecule has 0 bridgehead atoms.